The lowest BCUT2D eigenvalue weighted by molar-refractivity contribution is -0.0648. The van der Waals surface area contributed by atoms with Crippen molar-refractivity contribution in [3.8, 4) is 0 Å². The molecule has 1 aromatic rings. The third-order valence-electron chi connectivity index (χ3n) is 6.72. The molecule has 0 radical (unpaired) electrons. The van der Waals surface area contributed by atoms with Crippen LogP contribution in [0.4, 0.5) is 0 Å². The zero-order valence-electron chi connectivity index (χ0n) is 15.9. The summed E-state index contributed by atoms with van der Waals surface area (Å²) in [5, 5.41) is 10.8. The van der Waals surface area contributed by atoms with Crippen molar-refractivity contribution in [1.29, 1.82) is 0 Å². The first-order valence-electron chi connectivity index (χ1n) is 9.88. The molecular weight excluding hydrogens is 294 g/mol. The second kappa shape index (κ2) is 7.17. The Labute approximate surface area is 148 Å². The first-order valence-corrected chi connectivity index (χ1v) is 9.88. The van der Waals surface area contributed by atoms with Crippen LogP contribution in [0.25, 0.3) is 0 Å². The molecule has 4 atom stereocenters. The fourth-order valence-electron chi connectivity index (χ4n) is 4.87. The molecule has 0 saturated heterocycles. The van der Waals surface area contributed by atoms with Crippen LogP contribution in [0.15, 0.2) is 30.3 Å². The van der Waals surface area contributed by atoms with E-state index in [9.17, 15) is 5.11 Å². The number of nitrogens with zero attached hydrogens (tertiary/aromatic N) is 1. The molecular formula is C22H35NO. The van der Waals surface area contributed by atoms with Crippen LogP contribution in [0.2, 0.25) is 0 Å². The van der Waals surface area contributed by atoms with Crippen LogP contribution in [0.5, 0.6) is 0 Å². The molecule has 2 aliphatic carbocycles. The Bertz CT molecular complexity index is 522. The Morgan fingerprint density at radius 2 is 1.79 bits per heavy atom. The highest BCUT2D eigenvalue weighted by molar-refractivity contribution is 5.16. The third kappa shape index (κ3) is 3.86. The summed E-state index contributed by atoms with van der Waals surface area (Å²) in [6.45, 7) is 10.4. The normalized spacial score (nSPS) is 29.7. The quantitative estimate of drug-likeness (QED) is 0.805. The summed E-state index contributed by atoms with van der Waals surface area (Å²) in [5.41, 5.74) is 1.41. The largest absolute Gasteiger partial charge is 0.393 e. The van der Waals surface area contributed by atoms with E-state index in [4.69, 9.17) is 0 Å². The molecule has 3 rings (SSSR count). The summed E-state index contributed by atoms with van der Waals surface area (Å²) >= 11 is 0. The summed E-state index contributed by atoms with van der Waals surface area (Å²) in [4.78, 5) is 2.70. The van der Waals surface area contributed by atoms with Crippen LogP contribution < -0.4 is 0 Å². The lowest BCUT2D eigenvalue weighted by atomic mass is 9.70. The zero-order valence-corrected chi connectivity index (χ0v) is 15.9. The molecule has 0 spiro atoms. The highest BCUT2D eigenvalue weighted by Crippen LogP contribution is 2.44. The van der Waals surface area contributed by atoms with Crippen molar-refractivity contribution in [2.24, 2.45) is 17.8 Å². The van der Waals surface area contributed by atoms with E-state index in [-0.39, 0.29) is 11.6 Å². The van der Waals surface area contributed by atoms with Crippen molar-refractivity contribution in [3.05, 3.63) is 35.9 Å². The molecule has 1 N–H and O–H groups in total. The van der Waals surface area contributed by atoms with E-state index in [1.54, 1.807) is 0 Å². The van der Waals surface area contributed by atoms with Crippen molar-refractivity contribution < 1.29 is 5.11 Å². The zero-order chi connectivity index (χ0) is 17.3. The van der Waals surface area contributed by atoms with Crippen molar-refractivity contribution >= 4 is 0 Å². The molecule has 2 nitrogen and oxygen atoms in total. The van der Waals surface area contributed by atoms with Gasteiger partial charge in [-0.15, -0.1) is 0 Å². The molecule has 0 unspecified atom stereocenters. The fraction of sp³-hybridized carbons (Fsp3) is 0.727. The second-order valence-corrected chi connectivity index (χ2v) is 8.94. The van der Waals surface area contributed by atoms with Crippen LogP contribution in [-0.4, -0.2) is 27.7 Å². The van der Waals surface area contributed by atoms with Crippen LogP contribution in [0.3, 0.4) is 0 Å². The SMILES string of the molecule is C[C@@H]1CC[C@@H](C(C)(C)N(Cc2ccccc2)[C@@H](C)C2CC2)[C@H](O)C1. The Morgan fingerprint density at radius 3 is 2.38 bits per heavy atom. The molecule has 24 heavy (non-hydrogen) atoms. The topological polar surface area (TPSA) is 23.5 Å². The second-order valence-electron chi connectivity index (χ2n) is 8.94. The maximum absolute atomic E-state index is 10.8. The van der Waals surface area contributed by atoms with Gasteiger partial charge in [0.2, 0.25) is 0 Å². The lowest BCUT2D eigenvalue weighted by Crippen LogP contribution is -2.57. The summed E-state index contributed by atoms with van der Waals surface area (Å²) in [6.07, 6.45) is 5.94. The minimum Gasteiger partial charge on any atom is -0.393 e. The van der Waals surface area contributed by atoms with Crippen LogP contribution >= 0.6 is 0 Å². The van der Waals surface area contributed by atoms with E-state index in [2.05, 4.69) is 62.9 Å². The number of benzene rings is 1. The number of hydrogen-bond donors (Lipinski definition) is 1. The summed E-state index contributed by atoms with van der Waals surface area (Å²) in [6, 6.07) is 11.4. The van der Waals surface area contributed by atoms with Crippen LogP contribution in [0, 0.1) is 17.8 Å². The molecule has 0 aliphatic heterocycles. The maximum Gasteiger partial charge on any atom is 0.0588 e. The maximum atomic E-state index is 10.8. The molecule has 134 valence electrons. The molecule has 1 aromatic carbocycles. The Hall–Kier alpha value is -0.860. The van der Waals surface area contributed by atoms with Gasteiger partial charge in [-0.05, 0) is 63.9 Å². The molecule has 0 amide bonds. The monoisotopic (exact) mass is 329 g/mol. The third-order valence-corrected chi connectivity index (χ3v) is 6.72. The fourth-order valence-corrected chi connectivity index (χ4v) is 4.87. The highest BCUT2D eigenvalue weighted by Gasteiger charge is 2.45. The molecule has 2 fully saturated rings. The Morgan fingerprint density at radius 1 is 1.12 bits per heavy atom. The van der Waals surface area contributed by atoms with Gasteiger partial charge < -0.3 is 5.11 Å². The lowest BCUT2D eigenvalue weighted by Gasteiger charge is -2.51. The van der Waals surface area contributed by atoms with E-state index in [1.165, 1.54) is 24.8 Å². The minimum atomic E-state index is -0.159. The average molecular weight is 330 g/mol. The van der Waals surface area contributed by atoms with Gasteiger partial charge >= 0.3 is 0 Å². The first-order chi connectivity index (χ1) is 11.4. The van der Waals surface area contributed by atoms with Crippen LogP contribution in [0.1, 0.15) is 65.4 Å². The molecule has 2 heteroatoms. The van der Waals surface area contributed by atoms with Crippen LogP contribution in [-0.2, 0) is 6.54 Å². The number of rotatable bonds is 6. The van der Waals surface area contributed by atoms with E-state index in [0.29, 0.717) is 17.9 Å². The summed E-state index contributed by atoms with van der Waals surface area (Å²) < 4.78 is 0. The number of hydrogen-bond acceptors (Lipinski definition) is 2. The molecule has 0 aromatic heterocycles. The average Bonchev–Trinajstić information content (AvgIpc) is 3.37. The van der Waals surface area contributed by atoms with Crippen molar-refractivity contribution in [2.75, 3.05) is 0 Å². The summed E-state index contributed by atoms with van der Waals surface area (Å²) in [7, 11) is 0. The predicted molar refractivity (Wildman–Crippen MR) is 101 cm³/mol. The van der Waals surface area contributed by atoms with E-state index < -0.39 is 0 Å². The van der Waals surface area contributed by atoms with Crippen molar-refractivity contribution in [1.82, 2.24) is 4.90 Å². The Balaban J connectivity index is 1.82. The van der Waals surface area contributed by atoms with Gasteiger partial charge in [0.15, 0.2) is 0 Å². The van der Waals surface area contributed by atoms with Gasteiger partial charge in [-0.3, -0.25) is 4.90 Å². The van der Waals surface area contributed by atoms with Gasteiger partial charge in [0.25, 0.3) is 0 Å². The molecule has 2 saturated carbocycles. The van der Waals surface area contributed by atoms with Gasteiger partial charge in [-0.1, -0.05) is 43.7 Å². The molecule has 0 bridgehead atoms. The Kier molecular flexibility index (Phi) is 5.36. The van der Waals surface area contributed by atoms with E-state index in [0.717, 1.165) is 25.3 Å². The first kappa shape index (κ1) is 17.9. The van der Waals surface area contributed by atoms with Crippen molar-refractivity contribution in [3.63, 3.8) is 0 Å². The summed E-state index contributed by atoms with van der Waals surface area (Å²) in [5.74, 6) is 1.88. The van der Waals surface area contributed by atoms with Gasteiger partial charge in [0.05, 0.1) is 6.10 Å². The van der Waals surface area contributed by atoms with Crippen molar-refractivity contribution in [2.45, 2.75) is 84.0 Å². The number of aliphatic hydroxyl groups is 1. The number of aliphatic hydroxyl groups excluding tert-OH is 1. The smallest absolute Gasteiger partial charge is 0.0588 e. The van der Waals surface area contributed by atoms with Gasteiger partial charge in [0, 0.05) is 24.0 Å². The van der Waals surface area contributed by atoms with Gasteiger partial charge in [-0.2, -0.15) is 0 Å². The van der Waals surface area contributed by atoms with Gasteiger partial charge in [0.1, 0.15) is 0 Å². The van der Waals surface area contributed by atoms with E-state index in [1.807, 2.05) is 0 Å². The molecule has 0 heterocycles. The predicted octanol–water partition coefficient (Wildman–Crippen LogP) is 4.86. The highest BCUT2D eigenvalue weighted by atomic mass is 16.3. The van der Waals surface area contributed by atoms with Gasteiger partial charge in [-0.25, -0.2) is 0 Å². The van der Waals surface area contributed by atoms with E-state index >= 15 is 0 Å². The standard InChI is InChI=1S/C22H35NO/c1-16-10-13-20(21(24)14-16)22(3,4)23(17(2)19-11-12-19)15-18-8-6-5-7-9-18/h5-9,16-17,19-21,24H,10-15H2,1-4H3/t16-,17+,20-,21-/m1/s1. The minimum absolute atomic E-state index is 0.0252. The molecule has 2 aliphatic rings.